The van der Waals surface area contributed by atoms with Gasteiger partial charge in [-0.05, 0) is 149 Å². The van der Waals surface area contributed by atoms with Gasteiger partial charge in [0.1, 0.15) is 44.5 Å². The molecule has 0 atom stereocenters. The van der Waals surface area contributed by atoms with Crippen molar-refractivity contribution in [1.82, 2.24) is 34.9 Å². The molecule has 0 aliphatic heterocycles. The van der Waals surface area contributed by atoms with Gasteiger partial charge < -0.3 is 9.47 Å². The van der Waals surface area contributed by atoms with E-state index in [0.717, 1.165) is 22.5 Å². The summed E-state index contributed by atoms with van der Waals surface area (Å²) in [5.41, 5.74) is 8.48. The SMILES string of the molecule is COC(=O)c1cc(-c2cc(C)ccn2)nc(-c2cccc(C#N)n2)c1.COC(=O)c1cc(Br)nc(-c2cc(C)ccn2)c1.Cc1cccc(C#N)n1.N#Cc1cccc(Br)n1.O=C=O.O=C=O. The highest BCUT2D eigenvalue weighted by Crippen LogP contribution is 2.24. The van der Waals surface area contributed by atoms with Gasteiger partial charge in [-0.2, -0.15) is 35.0 Å². The summed E-state index contributed by atoms with van der Waals surface area (Å²) in [5.74, 6) is -0.874. The summed E-state index contributed by atoms with van der Waals surface area (Å²) in [4.78, 5) is 85.5. The van der Waals surface area contributed by atoms with Crippen molar-refractivity contribution in [2.75, 3.05) is 14.2 Å². The number of hydrogen-bond donors (Lipinski definition) is 0. The number of carbonyl (C=O) groups excluding carboxylic acids is 6. The lowest BCUT2D eigenvalue weighted by molar-refractivity contribution is -0.193. The Balaban J connectivity index is 0.000000318. The molecule has 0 N–H and O–H groups in total. The molecule has 0 bridgehead atoms. The van der Waals surface area contributed by atoms with Crippen LogP contribution in [-0.2, 0) is 28.7 Å². The van der Waals surface area contributed by atoms with Crippen molar-refractivity contribution in [3.63, 3.8) is 0 Å². The summed E-state index contributed by atoms with van der Waals surface area (Å²) in [7, 11) is 2.67. The fourth-order valence-corrected chi connectivity index (χ4v) is 5.74. The van der Waals surface area contributed by atoms with Crippen LogP contribution < -0.4 is 0 Å². The van der Waals surface area contributed by atoms with E-state index in [1.54, 1.807) is 79.1 Å². The number of rotatable bonds is 5. The molecule has 0 saturated heterocycles. The first-order valence-electron chi connectivity index (χ1n) is 18.6. The van der Waals surface area contributed by atoms with Gasteiger partial charge >= 0.3 is 24.2 Å². The van der Waals surface area contributed by atoms with E-state index in [9.17, 15) is 9.59 Å². The minimum atomic E-state index is -0.478. The first kappa shape index (κ1) is 54.3. The van der Waals surface area contributed by atoms with Gasteiger partial charge in [0.15, 0.2) is 0 Å². The number of aryl methyl sites for hydroxylation is 3. The number of nitrogens with zero attached hydrogens (tertiary/aromatic N) is 10. The lowest BCUT2D eigenvalue weighted by Crippen LogP contribution is -2.04. The minimum absolute atomic E-state index is 0.250. The maximum absolute atomic E-state index is 12.0. The number of ether oxygens (including phenoxy) is 2. The van der Waals surface area contributed by atoms with Gasteiger partial charge in [-0.15, -0.1) is 0 Å². The molecule has 7 aromatic rings. The van der Waals surface area contributed by atoms with Crippen LogP contribution in [-0.4, -0.2) is 73.3 Å². The van der Waals surface area contributed by atoms with E-state index in [1.807, 2.05) is 75.4 Å². The third-order valence-corrected chi connectivity index (χ3v) is 8.62. The number of halogens is 2. The summed E-state index contributed by atoms with van der Waals surface area (Å²) in [6, 6.07) is 35.6. The molecule has 0 amide bonds. The molecule has 0 fully saturated rings. The van der Waals surface area contributed by atoms with Crippen molar-refractivity contribution >= 4 is 56.1 Å². The zero-order valence-corrected chi connectivity index (χ0v) is 39.1. The standard InChI is InChI=1S/C19H14N4O2.C13H11BrN2O2.C7H6N2.C6H3BrN2.2CO2/c1-12-6-7-21-16(8-12)18-10-13(19(24)25-2)9-17(23-18)15-5-3-4-14(11-20)22-15;1-8-3-4-15-10(5-8)11-6-9(13(17)18-2)7-12(14)16-11;1-6-3-2-4-7(5-8)9-6;7-6-3-1-2-5(4-8)9-6;2*2-1-3/h3-10H,1-2H3;3-7H,1-2H3;2-4H,1H3;1-3H;;. The molecule has 7 heterocycles. The van der Waals surface area contributed by atoms with Gasteiger partial charge in [0.2, 0.25) is 0 Å². The van der Waals surface area contributed by atoms with E-state index >= 15 is 0 Å². The number of carbonyl (C=O) groups is 2. The van der Waals surface area contributed by atoms with Crippen molar-refractivity contribution < 1.29 is 38.2 Å². The molecule has 0 aliphatic carbocycles. The molecule has 20 heteroatoms. The lowest BCUT2D eigenvalue weighted by atomic mass is 10.1. The Kier molecular flexibility index (Phi) is 23.9. The van der Waals surface area contributed by atoms with Crippen molar-refractivity contribution in [2.24, 2.45) is 0 Å². The fourth-order valence-electron chi connectivity index (χ4n) is 4.96. The maximum Gasteiger partial charge on any atom is 0.373 e. The van der Waals surface area contributed by atoms with Crippen LogP contribution in [0.15, 0.2) is 125 Å². The highest BCUT2D eigenvalue weighted by Gasteiger charge is 2.15. The summed E-state index contributed by atoms with van der Waals surface area (Å²) in [5, 5.41) is 25.7. The van der Waals surface area contributed by atoms with Crippen LogP contribution in [0.1, 0.15) is 54.6 Å². The first-order chi connectivity index (χ1) is 32.2. The van der Waals surface area contributed by atoms with Crippen LogP contribution in [0.4, 0.5) is 0 Å². The second-order valence-corrected chi connectivity index (χ2v) is 14.2. The Morgan fingerprint density at radius 1 is 0.478 bits per heavy atom. The van der Waals surface area contributed by atoms with Crippen LogP contribution in [0.2, 0.25) is 0 Å². The average molecular weight is 1030 g/mol. The van der Waals surface area contributed by atoms with E-state index < -0.39 is 11.9 Å². The Bertz CT molecular complexity index is 2940. The Labute approximate surface area is 400 Å². The number of pyridine rings is 7. The molecule has 0 spiro atoms. The first-order valence-corrected chi connectivity index (χ1v) is 20.2. The van der Waals surface area contributed by atoms with E-state index in [1.165, 1.54) is 14.2 Å². The van der Waals surface area contributed by atoms with Gasteiger partial charge in [0.05, 0.1) is 59.5 Å². The van der Waals surface area contributed by atoms with E-state index in [0.29, 0.717) is 60.2 Å². The molecule has 0 aliphatic rings. The molecule has 0 radical (unpaired) electrons. The van der Waals surface area contributed by atoms with Crippen LogP contribution in [0, 0.1) is 54.8 Å². The van der Waals surface area contributed by atoms with Gasteiger partial charge in [0.25, 0.3) is 0 Å². The average Bonchev–Trinajstić information content (AvgIpc) is 3.34. The number of methoxy groups -OCH3 is 2. The molecule has 0 saturated carbocycles. The van der Waals surface area contributed by atoms with Crippen LogP contribution in [0.3, 0.4) is 0 Å². The zero-order chi connectivity index (χ0) is 49.7. The maximum atomic E-state index is 12.0. The number of nitriles is 3. The third-order valence-electron chi connectivity index (χ3n) is 7.78. The van der Waals surface area contributed by atoms with Gasteiger partial charge in [-0.25, -0.2) is 34.5 Å². The van der Waals surface area contributed by atoms with Crippen molar-refractivity contribution in [1.29, 1.82) is 15.8 Å². The largest absolute Gasteiger partial charge is 0.465 e. The Morgan fingerprint density at radius 2 is 0.896 bits per heavy atom. The fraction of sp³-hybridized carbons (Fsp3) is 0.106. The van der Waals surface area contributed by atoms with Crippen LogP contribution >= 0.6 is 31.9 Å². The van der Waals surface area contributed by atoms with E-state index in [-0.39, 0.29) is 18.0 Å². The monoisotopic (exact) mass is 1020 g/mol. The number of aromatic nitrogens is 7. The highest BCUT2D eigenvalue weighted by molar-refractivity contribution is 9.10. The molecule has 67 heavy (non-hydrogen) atoms. The topological polar surface area (TPSA) is 282 Å². The molecule has 7 aromatic heterocycles. The molecular formula is C47H34Br2N10O8. The molecular weight excluding hydrogens is 992 g/mol. The Hall–Kier alpha value is -8.82. The second kappa shape index (κ2) is 29.5. The summed E-state index contributed by atoms with van der Waals surface area (Å²) in [6.45, 7) is 5.79. The normalized spacial score (nSPS) is 9.01. The summed E-state index contributed by atoms with van der Waals surface area (Å²) < 4.78 is 10.8. The zero-order valence-electron chi connectivity index (χ0n) is 36.0. The lowest BCUT2D eigenvalue weighted by Gasteiger charge is -2.08. The van der Waals surface area contributed by atoms with Crippen molar-refractivity contribution in [3.05, 3.63) is 170 Å². The van der Waals surface area contributed by atoms with E-state index in [4.69, 9.17) is 44.4 Å². The highest BCUT2D eigenvalue weighted by atomic mass is 79.9. The van der Waals surface area contributed by atoms with Crippen molar-refractivity contribution in [2.45, 2.75) is 20.8 Å². The Morgan fingerprint density at radius 3 is 1.31 bits per heavy atom. The molecule has 334 valence electrons. The molecule has 0 unspecified atom stereocenters. The summed E-state index contributed by atoms with van der Waals surface area (Å²) >= 11 is 6.42. The second-order valence-electron chi connectivity index (χ2n) is 12.5. The van der Waals surface area contributed by atoms with E-state index in [2.05, 4.69) is 66.7 Å². The smallest absolute Gasteiger partial charge is 0.373 e. The predicted octanol–water partition coefficient (Wildman–Crippen LogP) is 7.98. The van der Waals surface area contributed by atoms with Crippen LogP contribution in [0.25, 0.3) is 34.2 Å². The van der Waals surface area contributed by atoms with Crippen LogP contribution in [0.5, 0.6) is 0 Å². The molecule has 18 nitrogen and oxygen atoms in total. The molecule has 7 rings (SSSR count). The molecule has 0 aromatic carbocycles. The van der Waals surface area contributed by atoms with Gasteiger partial charge in [-0.1, -0.05) is 18.2 Å². The third kappa shape index (κ3) is 19.2. The minimum Gasteiger partial charge on any atom is -0.465 e. The van der Waals surface area contributed by atoms with Gasteiger partial charge in [0, 0.05) is 18.1 Å². The number of hydrogen-bond acceptors (Lipinski definition) is 18. The quantitative estimate of drug-likeness (QED) is 0.117. The number of esters is 2. The predicted molar refractivity (Wildman–Crippen MR) is 243 cm³/mol. The van der Waals surface area contributed by atoms with Crippen molar-refractivity contribution in [3.8, 4) is 52.4 Å². The van der Waals surface area contributed by atoms with Gasteiger partial charge in [-0.3, -0.25) is 9.97 Å². The summed E-state index contributed by atoms with van der Waals surface area (Å²) in [6.07, 6.45) is 3.90.